The molecule has 0 radical (unpaired) electrons. The Morgan fingerprint density at radius 3 is 1.59 bits per heavy atom. The Morgan fingerprint density at radius 2 is 1.32 bits per heavy atom. The summed E-state index contributed by atoms with van der Waals surface area (Å²) in [6.45, 7) is -0.698. The fourth-order valence-corrected chi connectivity index (χ4v) is 2.28. The first-order valence-electron chi connectivity index (χ1n) is 5.61. The van der Waals surface area contributed by atoms with Crippen molar-refractivity contribution in [1.29, 1.82) is 0 Å². The molecule has 0 spiro atoms. The van der Waals surface area contributed by atoms with Gasteiger partial charge in [0.1, 0.15) is 0 Å². The number of halogens is 6. The van der Waals surface area contributed by atoms with E-state index in [0.717, 1.165) is 0 Å². The van der Waals surface area contributed by atoms with Gasteiger partial charge in [-0.05, 0) is 0 Å². The van der Waals surface area contributed by atoms with Crippen LogP contribution >= 0.6 is 0 Å². The van der Waals surface area contributed by atoms with E-state index in [2.05, 4.69) is 13.3 Å². The molecule has 0 saturated carbocycles. The molecule has 0 bridgehead atoms. The SMILES string of the molecule is COCC[O][Al]([O]CCOC)[O]C(F)(C(F)F)C(F)(F)F.[H-].[Na+]. The topological polar surface area (TPSA) is 46.2 Å². The summed E-state index contributed by atoms with van der Waals surface area (Å²) < 4.78 is 97.6. The maximum absolute atomic E-state index is 13.4. The summed E-state index contributed by atoms with van der Waals surface area (Å²) >= 11 is -3.81. The quantitative estimate of drug-likeness (QED) is 0.264. The average molecular weight is 368 g/mol. The van der Waals surface area contributed by atoms with Gasteiger partial charge in [-0.2, -0.15) is 17.6 Å². The van der Waals surface area contributed by atoms with E-state index < -0.39 is 33.6 Å². The molecule has 13 heteroatoms. The Balaban J connectivity index is -0.00000200. The van der Waals surface area contributed by atoms with Crippen LogP contribution in [0.25, 0.3) is 0 Å². The maximum Gasteiger partial charge on any atom is 1.00 e. The van der Waals surface area contributed by atoms with Crippen LogP contribution in [0.2, 0.25) is 0 Å². The minimum absolute atomic E-state index is 0. The van der Waals surface area contributed by atoms with E-state index >= 15 is 0 Å². The molecular weight excluding hydrogens is 352 g/mol. The van der Waals surface area contributed by atoms with Gasteiger partial charge in [0.15, 0.2) is 0 Å². The van der Waals surface area contributed by atoms with Crippen LogP contribution in [0.5, 0.6) is 0 Å². The first kappa shape index (κ1) is 25.2. The summed E-state index contributed by atoms with van der Waals surface area (Å²) in [6.07, 6.45) is -10.4. The summed E-state index contributed by atoms with van der Waals surface area (Å²) in [7, 11) is 2.56. The molecule has 0 aliphatic carbocycles. The van der Waals surface area contributed by atoms with Crippen molar-refractivity contribution < 1.29 is 78.2 Å². The van der Waals surface area contributed by atoms with Crippen molar-refractivity contribution in [1.82, 2.24) is 0 Å². The number of alkyl halides is 6. The zero-order chi connectivity index (χ0) is 16.5. The van der Waals surface area contributed by atoms with E-state index in [-0.39, 0.29) is 57.4 Å². The van der Waals surface area contributed by atoms with Gasteiger partial charge in [-0.25, -0.2) is 8.78 Å². The fraction of sp³-hybridized carbons (Fsp3) is 1.00. The van der Waals surface area contributed by atoms with Crippen LogP contribution in [0.4, 0.5) is 26.3 Å². The summed E-state index contributed by atoms with van der Waals surface area (Å²) in [4.78, 5) is 0. The van der Waals surface area contributed by atoms with Crippen LogP contribution in [0, 0.1) is 0 Å². The van der Waals surface area contributed by atoms with E-state index in [9.17, 15) is 26.3 Å². The predicted molar refractivity (Wildman–Crippen MR) is 59.5 cm³/mol. The number of ether oxygens (including phenoxy) is 2. The summed E-state index contributed by atoms with van der Waals surface area (Å²) in [5.41, 5.74) is 0. The van der Waals surface area contributed by atoms with Crippen molar-refractivity contribution in [3.8, 4) is 0 Å². The smallest absolute Gasteiger partial charge is 1.00 e. The average Bonchev–Trinajstić information content (AvgIpc) is 2.37. The van der Waals surface area contributed by atoms with Gasteiger partial charge >= 0.3 is 63.2 Å². The third-order valence-electron chi connectivity index (χ3n) is 2.02. The van der Waals surface area contributed by atoms with Crippen LogP contribution in [0.1, 0.15) is 1.43 Å². The largest absolute Gasteiger partial charge is 1.00 e. The normalized spacial score (nSPS) is 14.6. The summed E-state index contributed by atoms with van der Waals surface area (Å²) in [6, 6.07) is 0. The second-order valence-corrected chi connectivity index (χ2v) is 5.06. The molecule has 0 aromatic heterocycles. The first-order chi connectivity index (χ1) is 9.69. The number of methoxy groups -OCH3 is 2. The molecule has 0 amide bonds. The van der Waals surface area contributed by atoms with Crippen molar-refractivity contribution >= 4 is 15.1 Å². The van der Waals surface area contributed by atoms with Crippen LogP contribution < -0.4 is 29.6 Å². The van der Waals surface area contributed by atoms with E-state index in [1.54, 1.807) is 0 Å². The monoisotopic (exact) mass is 368 g/mol. The second kappa shape index (κ2) is 12.3. The van der Waals surface area contributed by atoms with Crippen LogP contribution in [0.15, 0.2) is 0 Å². The Bertz CT molecular complexity index is 284. The molecular formula is C9H16AlF6NaO5. The molecule has 0 aliphatic rings. The molecule has 0 aromatic rings. The van der Waals surface area contributed by atoms with Crippen LogP contribution in [0.3, 0.4) is 0 Å². The van der Waals surface area contributed by atoms with E-state index in [1.807, 2.05) is 0 Å². The van der Waals surface area contributed by atoms with Gasteiger partial charge in [0.2, 0.25) is 0 Å². The predicted octanol–water partition coefficient (Wildman–Crippen LogP) is -1.08. The van der Waals surface area contributed by atoms with Crippen LogP contribution in [-0.2, 0) is 20.8 Å². The van der Waals surface area contributed by atoms with Crippen molar-refractivity contribution in [2.45, 2.75) is 18.5 Å². The van der Waals surface area contributed by atoms with Gasteiger partial charge in [-0.1, -0.05) is 0 Å². The van der Waals surface area contributed by atoms with Crippen molar-refractivity contribution in [2.24, 2.45) is 0 Å². The summed E-state index contributed by atoms with van der Waals surface area (Å²) in [5.74, 6) is -5.15. The molecule has 1 atom stereocenters. The van der Waals surface area contributed by atoms with Gasteiger partial charge in [-0.15, -0.1) is 0 Å². The Labute approximate surface area is 152 Å². The number of hydrogen-bond acceptors (Lipinski definition) is 5. The number of rotatable bonds is 11. The second-order valence-electron chi connectivity index (χ2n) is 3.58. The zero-order valence-electron chi connectivity index (χ0n) is 13.3. The first-order valence-corrected chi connectivity index (χ1v) is 7.03. The molecule has 1 unspecified atom stereocenters. The van der Waals surface area contributed by atoms with E-state index in [1.165, 1.54) is 14.2 Å². The van der Waals surface area contributed by atoms with Gasteiger partial charge in [-0.3, -0.25) is 0 Å². The molecule has 0 aromatic carbocycles. The Morgan fingerprint density at radius 1 is 0.909 bits per heavy atom. The van der Waals surface area contributed by atoms with E-state index in [0.29, 0.717) is 0 Å². The molecule has 128 valence electrons. The van der Waals surface area contributed by atoms with Crippen molar-refractivity contribution in [2.75, 3.05) is 40.6 Å². The fourth-order valence-electron chi connectivity index (χ4n) is 0.954. The van der Waals surface area contributed by atoms with Gasteiger partial charge in [0.05, 0.1) is 13.2 Å². The van der Waals surface area contributed by atoms with E-state index in [4.69, 9.17) is 7.58 Å². The molecule has 0 rings (SSSR count). The zero-order valence-corrected chi connectivity index (χ0v) is 15.4. The minimum atomic E-state index is -5.93. The number of hydrogen-bond donors (Lipinski definition) is 0. The maximum atomic E-state index is 13.4. The molecule has 0 aliphatic heterocycles. The molecule has 22 heavy (non-hydrogen) atoms. The third kappa shape index (κ3) is 8.68. The third-order valence-corrected chi connectivity index (χ3v) is 3.57. The van der Waals surface area contributed by atoms with Gasteiger partial charge in [0, 0.05) is 27.4 Å². The van der Waals surface area contributed by atoms with Crippen LogP contribution in [-0.4, -0.2) is 74.3 Å². The molecule has 0 heterocycles. The van der Waals surface area contributed by atoms with Crippen molar-refractivity contribution in [3.05, 3.63) is 0 Å². The van der Waals surface area contributed by atoms with Gasteiger partial charge in [0.25, 0.3) is 0 Å². The van der Waals surface area contributed by atoms with Gasteiger partial charge < -0.3 is 22.3 Å². The molecule has 0 saturated heterocycles. The Hall–Kier alpha value is 0.912. The minimum Gasteiger partial charge on any atom is -1.00 e. The molecule has 0 N–H and O–H groups in total. The van der Waals surface area contributed by atoms with Crippen molar-refractivity contribution in [3.63, 3.8) is 0 Å². The molecule has 5 nitrogen and oxygen atoms in total. The Kier molecular flexibility index (Phi) is 14.1. The summed E-state index contributed by atoms with van der Waals surface area (Å²) in [5, 5.41) is 0. The standard InChI is InChI=1S/C3HF6O.2C3H7O2.Al.Na.H/c4-1(5)2(6,10)3(7,8)9;2*1-5-3-2-4;;;/h1H;2*2-3H2,1H3;;;/q3*-1;+3;+1;-1. The molecule has 0 fully saturated rings.